The second-order valence-electron chi connectivity index (χ2n) is 21.9. The van der Waals surface area contributed by atoms with E-state index in [0.29, 0.717) is 17.4 Å². The average Bonchev–Trinajstić information content (AvgIpc) is 3.36. The van der Waals surface area contributed by atoms with Crippen molar-refractivity contribution in [2.24, 2.45) is 0 Å². The molecule has 0 aromatic carbocycles. The van der Waals surface area contributed by atoms with Crippen molar-refractivity contribution in [1.82, 2.24) is 5.32 Å². The highest BCUT2D eigenvalue weighted by Crippen LogP contribution is 2.43. The van der Waals surface area contributed by atoms with Crippen LogP contribution in [0.25, 0.3) is 0 Å². The smallest absolute Gasteiger partial charge is 0.456 e. The minimum atomic E-state index is -4.47. The Labute approximate surface area is 457 Å². The minimum absolute atomic E-state index is 0.0261. The second-order valence-corrected chi connectivity index (χ2v) is 23.3. The molecule has 3 unspecified atom stereocenters. The highest BCUT2D eigenvalue weighted by molar-refractivity contribution is 7.47. The third-order valence-electron chi connectivity index (χ3n) is 13.4. The fourth-order valence-corrected chi connectivity index (χ4v) is 9.43. The number of carbonyl (C=O) groups is 2. The van der Waals surface area contributed by atoms with Gasteiger partial charge < -0.3 is 19.4 Å². The van der Waals surface area contributed by atoms with Crippen LogP contribution in [0.2, 0.25) is 0 Å². The molecule has 0 bridgehead atoms. The molecule has 9 nitrogen and oxygen atoms in total. The van der Waals surface area contributed by atoms with E-state index < -0.39 is 20.0 Å². The molecular formula is C64H118N2O7P+. The molecule has 0 aliphatic rings. The van der Waals surface area contributed by atoms with Gasteiger partial charge in [-0.25, -0.2) is 4.57 Å². The standard InChI is InChI=1S/C64H117N2O7P/c1-7-10-13-16-19-22-25-28-30-32-33-34-36-39-42-45-48-51-54-57-64(68)73-62(55-52-49-46-43-40-37-27-24-21-18-15-12-9-3)61(60-72-74(69,70)71-59-58-66(4,5)6)65-63(67)56-53-50-47-44-41-38-35-31-29-26-23-20-17-14-11-8-2/h11,14,20,23,29,31,38,41,47,50,52,55,61-62H,7-10,12-13,15-19,21-22,24-28,30,32-37,39-40,42-46,48-49,51,53-54,56-60H2,1-6H3,(H-,65,67,69,70)/p+1/b14-11+,23-20+,31-29+,41-38+,50-47+,55-52+. The Bertz CT molecular complexity index is 1500. The van der Waals surface area contributed by atoms with Gasteiger partial charge >= 0.3 is 13.8 Å². The molecule has 0 saturated carbocycles. The Morgan fingerprint density at radius 2 is 0.878 bits per heavy atom. The first kappa shape index (κ1) is 71.5. The normalized spacial score (nSPS) is 14.2. The quantitative estimate of drug-likeness (QED) is 0.0205. The number of likely N-dealkylation sites (N-methyl/N-ethyl adjacent to an activating group) is 1. The van der Waals surface area contributed by atoms with Crippen molar-refractivity contribution >= 4 is 19.7 Å². The summed E-state index contributed by atoms with van der Waals surface area (Å²) < 4.78 is 30.6. The van der Waals surface area contributed by atoms with E-state index in [0.717, 1.165) is 70.6 Å². The van der Waals surface area contributed by atoms with Gasteiger partial charge in [0.15, 0.2) is 0 Å². The third-order valence-corrected chi connectivity index (χ3v) is 14.4. The third kappa shape index (κ3) is 54.2. The Kier molecular flexibility index (Phi) is 52.0. The summed E-state index contributed by atoms with van der Waals surface area (Å²) in [6, 6.07) is -0.888. The molecule has 0 aliphatic heterocycles. The Morgan fingerprint density at radius 1 is 0.486 bits per heavy atom. The molecule has 2 N–H and O–H groups in total. The molecule has 0 spiro atoms. The first-order valence-electron chi connectivity index (χ1n) is 30.8. The molecule has 0 heterocycles. The summed E-state index contributed by atoms with van der Waals surface area (Å²) in [5, 5.41) is 3.01. The lowest BCUT2D eigenvalue weighted by Crippen LogP contribution is -2.47. The maximum absolute atomic E-state index is 13.5. The molecule has 0 aliphatic carbocycles. The van der Waals surface area contributed by atoms with E-state index >= 15 is 0 Å². The summed E-state index contributed by atoms with van der Waals surface area (Å²) in [5.41, 5.74) is 0. The number of hydrogen-bond donors (Lipinski definition) is 2. The van der Waals surface area contributed by atoms with E-state index in [1.54, 1.807) is 0 Å². The van der Waals surface area contributed by atoms with Gasteiger partial charge in [-0.15, -0.1) is 0 Å². The lowest BCUT2D eigenvalue weighted by atomic mass is 10.0. The lowest BCUT2D eigenvalue weighted by molar-refractivity contribution is -0.870. The number of esters is 1. The monoisotopic (exact) mass is 1060 g/mol. The Balaban J connectivity index is 5.37. The maximum Gasteiger partial charge on any atom is 0.472 e. The van der Waals surface area contributed by atoms with Crippen LogP contribution in [0.3, 0.4) is 0 Å². The van der Waals surface area contributed by atoms with Gasteiger partial charge in [0.2, 0.25) is 5.91 Å². The number of quaternary nitrogens is 1. The molecular weight excluding hydrogens is 940 g/mol. The van der Waals surface area contributed by atoms with Gasteiger partial charge in [-0.3, -0.25) is 18.6 Å². The molecule has 74 heavy (non-hydrogen) atoms. The van der Waals surface area contributed by atoms with Crippen molar-refractivity contribution in [3.63, 3.8) is 0 Å². The number of nitrogens with one attached hydrogen (secondary N) is 1. The first-order chi connectivity index (χ1) is 35.9. The van der Waals surface area contributed by atoms with Crippen LogP contribution in [-0.2, 0) is 27.9 Å². The molecule has 0 saturated heterocycles. The van der Waals surface area contributed by atoms with Gasteiger partial charge in [0, 0.05) is 12.8 Å². The number of hydrogen-bond acceptors (Lipinski definition) is 6. The number of ether oxygens (including phenoxy) is 1. The molecule has 0 radical (unpaired) electrons. The number of allylic oxidation sites excluding steroid dienone is 11. The summed E-state index contributed by atoms with van der Waals surface area (Å²) in [6.45, 7) is 6.86. The van der Waals surface area contributed by atoms with E-state index in [1.165, 1.54) is 161 Å². The predicted molar refractivity (Wildman–Crippen MR) is 318 cm³/mol. The number of carbonyl (C=O) groups excluding carboxylic acids is 2. The zero-order valence-corrected chi connectivity index (χ0v) is 50.0. The van der Waals surface area contributed by atoms with Crippen LogP contribution in [0.1, 0.15) is 271 Å². The number of unbranched alkanes of at least 4 members (excludes halogenated alkanes) is 29. The van der Waals surface area contributed by atoms with Crippen LogP contribution in [0.5, 0.6) is 0 Å². The van der Waals surface area contributed by atoms with Crippen molar-refractivity contribution in [2.45, 2.75) is 283 Å². The zero-order valence-electron chi connectivity index (χ0n) is 49.1. The first-order valence-corrected chi connectivity index (χ1v) is 32.3. The molecule has 0 aromatic heterocycles. The van der Waals surface area contributed by atoms with Crippen LogP contribution in [0.4, 0.5) is 0 Å². The topological polar surface area (TPSA) is 111 Å². The SMILES string of the molecule is CC/C=C/C/C=C/C/C=C/C/C=C/C/C=C/CCC(=O)NC(COP(=O)(O)OCC[N+](C)(C)C)C(/C=C/CCCCCCCCCCCCC)OC(=O)CCCCCCCCCCCCCCCCCCCCC. The highest BCUT2D eigenvalue weighted by Gasteiger charge is 2.30. The fourth-order valence-electron chi connectivity index (χ4n) is 8.69. The summed E-state index contributed by atoms with van der Waals surface area (Å²) in [6.07, 6.45) is 69.2. The molecule has 3 atom stereocenters. The van der Waals surface area contributed by atoms with Crippen molar-refractivity contribution in [3.05, 3.63) is 72.9 Å². The van der Waals surface area contributed by atoms with Crippen LogP contribution >= 0.6 is 7.82 Å². The summed E-state index contributed by atoms with van der Waals surface area (Å²) in [7, 11) is 1.45. The van der Waals surface area contributed by atoms with Gasteiger partial charge in [0.1, 0.15) is 19.3 Å². The van der Waals surface area contributed by atoms with Crippen LogP contribution < -0.4 is 5.32 Å². The Morgan fingerprint density at radius 3 is 1.30 bits per heavy atom. The van der Waals surface area contributed by atoms with Crippen LogP contribution in [-0.4, -0.2) is 74.3 Å². The summed E-state index contributed by atoms with van der Waals surface area (Å²) in [5.74, 6) is -0.595. The van der Waals surface area contributed by atoms with Crippen molar-refractivity contribution < 1.29 is 37.3 Å². The molecule has 0 aromatic rings. The van der Waals surface area contributed by atoms with E-state index in [-0.39, 0.29) is 37.9 Å². The number of nitrogens with zero attached hydrogens (tertiary/aromatic N) is 1. The average molecular weight is 1060 g/mol. The largest absolute Gasteiger partial charge is 0.472 e. The zero-order chi connectivity index (χ0) is 54.3. The molecule has 0 fully saturated rings. The number of amides is 1. The lowest BCUT2D eigenvalue weighted by Gasteiger charge is -2.27. The van der Waals surface area contributed by atoms with E-state index in [9.17, 15) is 19.0 Å². The van der Waals surface area contributed by atoms with E-state index in [2.05, 4.69) is 80.8 Å². The predicted octanol–water partition coefficient (Wildman–Crippen LogP) is 18.8. The second kappa shape index (κ2) is 53.8. The Hall–Kier alpha value is -2.55. The highest BCUT2D eigenvalue weighted by atomic mass is 31.2. The van der Waals surface area contributed by atoms with E-state index in [1.807, 2.05) is 39.4 Å². The summed E-state index contributed by atoms with van der Waals surface area (Å²) in [4.78, 5) is 37.6. The van der Waals surface area contributed by atoms with Gasteiger partial charge in [0.05, 0.1) is 33.8 Å². The molecule has 0 rings (SSSR count). The van der Waals surface area contributed by atoms with Gasteiger partial charge in [0.25, 0.3) is 0 Å². The van der Waals surface area contributed by atoms with Gasteiger partial charge in [-0.1, -0.05) is 267 Å². The number of phosphoric ester groups is 1. The molecule has 1 amide bonds. The van der Waals surface area contributed by atoms with Crippen molar-refractivity contribution in [2.75, 3.05) is 40.9 Å². The maximum atomic E-state index is 13.5. The molecule has 10 heteroatoms. The van der Waals surface area contributed by atoms with Crippen LogP contribution in [0.15, 0.2) is 72.9 Å². The van der Waals surface area contributed by atoms with Gasteiger partial charge in [-0.2, -0.15) is 0 Å². The molecule has 430 valence electrons. The number of phosphoric acid groups is 1. The minimum Gasteiger partial charge on any atom is -0.456 e. The van der Waals surface area contributed by atoms with Crippen molar-refractivity contribution in [3.8, 4) is 0 Å². The van der Waals surface area contributed by atoms with Crippen LogP contribution in [0, 0.1) is 0 Å². The summed E-state index contributed by atoms with van der Waals surface area (Å²) >= 11 is 0. The van der Waals surface area contributed by atoms with E-state index in [4.69, 9.17) is 13.8 Å². The van der Waals surface area contributed by atoms with Crippen molar-refractivity contribution in [1.29, 1.82) is 0 Å². The fraction of sp³-hybridized carbons (Fsp3) is 0.781. The van der Waals surface area contributed by atoms with Gasteiger partial charge in [-0.05, 0) is 63.9 Å². The number of rotatable bonds is 55.